The molecule has 1 atom stereocenters. The number of hydrogen-bond donors (Lipinski definition) is 2. The van der Waals surface area contributed by atoms with E-state index >= 15 is 0 Å². The summed E-state index contributed by atoms with van der Waals surface area (Å²) in [5, 5.41) is 23.0. The molecule has 0 radical (unpaired) electrons. The number of aliphatic hydroxyl groups is 1. The summed E-state index contributed by atoms with van der Waals surface area (Å²) in [7, 11) is 0. The molecule has 136 valence electrons. The normalized spacial score (nSPS) is 13.4. The molecule has 0 aliphatic carbocycles. The van der Waals surface area contributed by atoms with Crippen molar-refractivity contribution < 1.29 is 9.63 Å². The summed E-state index contributed by atoms with van der Waals surface area (Å²) >= 11 is 1.36. The summed E-state index contributed by atoms with van der Waals surface area (Å²) in [6.45, 7) is 1.53. The number of hydrogen-bond acceptors (Lipinski definition) is 8. The monoisotopic (exact) mass is 379 g/mol. The van der Waals surface area contributed by atoms with Gasteiger partial charge in [-0.15, -0.1) is 10.2 Å². The predicted molar refractivity (Wildman–Crippen MR) is 103 cm³/mol. The molecule has 4 aromatic rings. The molecule has 2 heterocycles. The second-order valence-corrected chi connectivity index (χ2v) is 7.33. The van der Waals surface area contributed by atoms with Gasteiger partial charge in [-0.25, -0.2) is 0 Å². The minimum Gasteiger partial charge on any atom is -0.394 e. The van der Waals surface area contributed by atoms with E-state index in [-0.39, 0.29) is 6.61 Å². The predicted octanol–water partition coefficient (Wildman–Crippen LogP) is 3.09. The van der Waals surface area contributed by atoms with Gasteiger partial charge in [-0.2, -0.15) is 4.98 Å². The van der Waals surface area contributed by atoms with Gasteiger partial charge in [-0.1, -0.05) is 59.0 Å². The van der Waals surface area contributed by atoms with Gasteiger partial charge >= 0.3 is 0 Å². The second-order valence-electron chi connectivity index (χ2n) is 6.35. The van der Waals surface area contributed by atoms with Crippen molar-refractivity contribution in [2.45, 2.75) is 12.5 Å². The molecular weight excluding hydrogens is 362 g/mol. The highest BCUT2D eigenvalue weighted by Gasteiger charge is 2.25. The van der Waals surface area contributed by atoms with Gasteiger partial charge in [-0.05, 0) is 19.1 Å². The Hall–Kier alpha value is -2.94. The largest absolute Gasteiger partial charge is 0.394 e. The maximum Gasteiger partial charge on any atom is 0.258 e. The lowest BCUT2D eigenvalue weighted by atomic mass is 10.1. The summed E-state index contributed by atoms with van der Waals surface area (Å²) in [6.07, 6.45) is 0. The van der Waals surface area contributed by atoms with Gasteiger partial charge in [0.1, 0.15) is 10.0 Å². The van der Waals surface area contributed by atoms with E-state index < -0.39 is 5.54 Å². The first-order chi connectivity index (χ1) is 13.1. The van der Waals surface area contributed by atoms with Crippen LogP contribution in [0.3, 0.4) is 0 Å². The smallest absolute Gasteiger partial charge is 0.258 e. The fourth-order valence-corrected chi connectivity index (χ4v) is 3.34. The van der Waals surface area contributed by atoms with Crippen molar-refractivity contribution >= 4 is 11.3 Å². The van der Waals surface area contributed by atoms with Crippen LogP contribution in [0.1, 0.15) is 11.9 Å². The zero-order valence-corrected chi connectivity index (χ0v) is 15.3. The van der Waals surface area contributed by atoms with Gasteiger partial charge in [0.15, 0.2) is 0 Å². The highest BCUT2D eigenvalue weighted by Crippen LogP contribution is 2.30. The van der Waals surface area contributed by atoms with E-state index in [1.807, 2.05) is 54.6 Å². The summed E-state index contributed by atoms with van der Waals surface area (Å²) in [6, 6.07) is 17.3. The van der Waals surface area contributed by atoms with E-state index in [9.17, 15) is 5.11 Å². The quantitative estimate of drug-likeness (QED) is 0.548. The molecule has 4 rings (SSSR count). The van der Waals surface area contributed by atoms with Crippen LogP contribution < -0.4 is 5.73 Å². The maximum atomic E-state index is 9.37. The van der Waals surface area contributed by atoms with E-state index in [2.05, 4.69) is 20.3 Å². The van der Waals surface area contributed by atoms with Crippen molar-refractivity contribution in [3.63, 3.8) is 0 Å². The van der Waals surface area contributed by atoms with Crippen LogP contribution in [0.25, 0.3) is 33.4 Å². The highest BCUT2D eigenvalue weighted by molar-refractivity contribution is 7.14. The average molecular weight is 379 g/mol. The zero-order chi connectivity index (χ0) is 18.9. The third-order valence-electron chi connectivity index (χ3n) is 4.08. The molecule has 0 saturated heterocycles. The van der Waals surface area contributed by atoms with E-state index in [4.69, 9.17) is 10.3 Å². The van der Waals surface area contributed by atoms with Gasteiger partial charge in [0.2, 0.25) is 5.82 Å². The lowest BCUT2D eigenvalue weighted by Crippen LogP contribution is -2.36. The Morgan fingerprint density at radius 1 is 1.00 bits per heavy atom. The average Bonchev–Trinajstić information content (AvgIpc) is 3.39. The van der Waals surface area contributed by atoms with E-state index in [1.54, 1.807) is 6.92 Å². The van der Waals surface area contributed by atoms with Crippen LogP contribution in [0, 0.1) is 0 Å². The molecule has 0 aliphatic heterocycles. The van der Waals surface area contributed by atoms with Crippen LogP contribution in [0.4, 0.5) is 0 Å². The van der Waals surface area contributed by atoms with Gasteiger partial charge in [0.25, 0.3) is 5.89 Å². The number of nitrogens with zero attached hydrogens (tertiary/aromatic N) is 4. The first kappa shape index (κ1) is 17.5. The van der Waals surface area contributed by atoms with E-state index in [0.29, 0.717) is 16.7 Å². The molecule has 2 aromatic heterocycles. The number of benzene rings is 2. The van der Waals surface area contributed by atoms with Crippen LogP contribution in [-0.2, 0) is 5.54 Å². The molecule has 2 aromatic carbocycles. The molecule has 0 spiro atoms. The molecule has 27 heavy (non-hydrogen) atoms. The Balaban J connectivity index is 1.57. The number of rotatable bonds is 5. The molecule has 0 unspecified atom stereocenters. The standard InChI is InChI=1S/C19H17N5O2S/c1-19(20,11-25)18-23-22-17(27-18)14-9-7-12(8-10-14)15-21-16(26-24-15)13-5-3-2-4-6-13/h2-10,25H,11,20H2,1H3/t19-/m0/s1. The van der Waals surface area contributed by atoms with Crippen LogP contribution in [0.2, 0.25) is 0 Å². The lowest BCUT2D eigenvalue weighted by Gasteiger charge is -2.16. The molecule has 0 fully saturated rings. The molecule has 0 saturated carbocycles. The van der Waals surface area contributed by atoms with Crippen molar-refractivity contribution in [3.8, 4) is 33.4 Å². The Kier molecular flexibility index (Phi) is 4.53. The minimum atomic E-state index is -0.895. The van der Waals surface area contributed by atoms with Gasteiger partial charge in [0, 0.05) is 16.7 Å². The van der Waals surface area contributed by atoms with E-state index in [0.717, 1.165) is 21.7 Å². The van der Waals surface area contributed by atoms with Crippen LogP contribution in [-0.4, -0.2) is 32.1 Å². The molecule has 0 aliphatic rings. The SMILES string of the molecule is C[C@](N)(CO)c1nnc(-c2ccc(-c3noc(-c4ccccc4)n3)cc2)s1. The van der Waals surface area contributed by atoms with Gasteiger partial charge in [-0.3, -0.25) is 0 Å². The van der Waals surface area contributed by atoms with Crippen LogP contribution in [0.5, 0.6) is 0 Å². The summed E-state index contributed by atoms with van der Waals surface area (Å²) < 4.78 is 5.35. The Morgan fingerprint density at radius 3 is 2.41 bits per heavy atom. The fourth-order valence-electron chi connectivity index (χ4n) is 2.44. The molecule has 3 N–H and O–H groups in total. The molecule has 7 nitrogen and oxygen atoms in total. The molecule has 8 heteroatoms. The Bertz CT molecular complexity index is 1040. The topological polar surface area (TPSA) is 111 Å². The van der Waals surface area contributed by atoms with E-state index in [1.165, 1.54) is 11.3 Å². The zero-order valence-electron chi connectivity index (χ0n) is 14.5. The van der Waals surface area contributed by atoms with Crippen molar-refractivity contribution in [3.05, 3.63) is 59.6 Å². The summed E-state index contributed by atoms with van der Waals surface area (Å²) in [4.78, 5) is 4.45. The van der Waals surface area contributed by atoms with Crippen molar-refractivity contribution in [1.82, 2.24) is 20.3 Å². The first-order valence-electron chi connectivity index (χ1n) is 8.30. The van der Waals surface area contributed by atoms with Gasteiger partial charge < -0.3 is 15.4 Å². The Labute approximate surface area is 159 Å². The first-order valence-corrected chi connectivity index (χ1v) is 9.12. The molecular formula is C19H17N5O2S. The third kappa shape index (κ3) is 3.50. The maximum absolute atomic E-state index is 9.37. The van der Waals surface area contributed by atoms with Crippen molar-refractivity contribution in [1.29, 1.82) is 0 Å². The van der Waals surface area contributed by atoms with Gasteiger partial charge in [0.05, 0.1) is 12.1 Å². The number of aliphatic hydroxyl groups excluding tert-OH is 1. The number of nitrogens with two attached hydrogens (primary N) is 1. The minimum absolute atomic E-state index is 0.192. The summed E-state index contributed by atoms with van der Waals surface area (Å²) in [5.41, 5.74) is 7.74. The van der Waals surface area contributed by atoms with Crippen molar-refractivity contribution in [2.75, 3.05) is 6.61 Å². The summed E-state index contributed by atoms with van der Waals surface area (Å²) in [5.74, 6) is 1.00. The van der Waals surface area contributed by atoms with Crippen LogP contribution in [0.15, 0.2) is 59.1 Å². The molecule has 0 amide bonds. The lowest BCUT2D eigenvalue weighted by molar-refractivity contribution is 0.209. The second kappa shape index (κ2) is 6.99. The van der Waals surface area contributed by atoms with Crippen LogP contribution >= 0.6 is 11.3 Å². The fraction of sp³-hybridized carbons (Fsp3) is 0.158. The third-order valence-corrected chi connectivity index (χ3v) is 5.33. The Morgan fingerprint density at radius 2 is 1.70 bits per heavy atom. The molecule has 0 bridgehead atoms. The highest BCUT2D eigenvalue weighted by atomic mass is 32.1. The van der Waals surface area contributed by atoms with Crippen molar-refractivity contribution in [2.24, 2.45) is 5.73 Å². The number of aromatic nitrogens is 4.